The standard InChI is InChI=1S/C22H23Cl2N3O2/c1-14-19-13-27(22-10-16(23)4-5-20(22)24)25-21(19)6-7-26(14)12-15-8-17(28-2)11-18(9-15)29-3/h4-5,8-11H,6-7,12-13H2,1-3H3. The minimum atomic E-state index is 0.649. The van der Waals surface area contributed by atoms with Crippen LogP contribution in [0.3, 0.4) is 0 Å². The van der Waals surface area contributed by atoms with Crippen molar-refractivity contribution in [2.24, 2.45) is 5.10 Å². The molecule has 2 aromatic rings. The quantitative estimate of drug-likeness (QED) is 0.637. The van der Waals surface area contributed by atoms with Gasteiger partial charge in [0.2, 0.25) is 0 Å². The summed E-state index contributed by atoms with van der Waals surface area (Å²) in [5, 5.41) is 8.06. The van der Waals surface area contributed by atoms with Crippen LogP contribution in [0, 0.1) is 0 Å². The van der Waals surface area contributed by atoms with Crippen molar-refractivity contribution in [3.63, 3.8) is 0 Å². The van der Waals surface area contributed by atoms with E-state index in [9.17, 15) is 0 Å². The number of hydrazone groups is 1. The average Bonchev–Trinajstić information content (AvgIpc) is 3.16. The summed E-state index contributed by atoms with van der Waals surface area (Å²) in [6, 6.07) is 11.5. The third kappa shape index (κ3) is 4.02. The van der Waals surface area contributed by atoms with Gasteiger partial charge in [-0.25, -0.2) is 0 Å². The number of hydrogen-bond donors (Lipinski definition) is 0. The summed E-state index contributed by atoms with van der Waals surface area (Å²) in [5.41, 5.74) is 5.59. The van der Waals surface area contributed by atoms with Gasteiger partial charge in [-0.2, -0.15) is 5.10 Å². The number of ether oxygens (including phenoxy) is 2. The first kappa shape index (κ1) is 19.9. The molecule has 5 nitrogen and oxygen atoms in total. The molecule has 0 aromatic heterocycles. The smallest absolute Gasteiger partial charge is 0.122 e. The zero-order valence-electron chi connectivity index (χ0n) is 16.7. The number of halogens is 2. The molecule has 7 heteroatoms. The summed E-state index contributed by atoms with van der Waals surface area (Å²) in [6.07, 6.45) is 0.891. The second-order valence-corrected chi connectivity index (χ2v) is 8.00. The lowest BCUT2D eigenvalue weighted by Crippen LogP contribution is -2.31. The van der Waals surface area contributed by atoms with Crippen LogP contribution in [0.25, 0.3) is 0 Å². The van der Waals surface area contributed by atoms with Crippen LogP contribution in [-0.2, 0) is 6.54 Å². The van der Waals surface area contributed by atoms with Crippen LogP contribution in [0.15, 0.2) is 52.8 Å². The third-order valence-corrected chi connectivity index (χ3v) is 5.95. The topological polar surface area (TPSA) is 37.3 Å². The highest BCUT2D eigenvalue weighted by Gasteiger charge is 2.30. The Morgan fingerprint density at radius 3 is 2.45 bits per heavy atom. The summed E-state index contributed by atoms with van der Waals surface area (Å²) >= 11 is 12.5. The largest absolute Gasteiger partial charge is 0.497 e. The molecule has 0 aliphatic carbocycles. The van der Waals surface area contributed by atoms with Crippen molar-refractivity contribution in [2.45, 2.75) is 19.9 Å². The van der Waals surface area contributed by atoms with E-state index in [0.29, 0.717) is 16.6 Å². The number of rotatable bonds is 5. The van der Waals surface area contributed by atoms with Gasteiger partial charge in [0.25, 0.3) is 0 Å². The van der Waals surface area contributed by atoms with E-state index >= 15 is 0 Å². The first-order valence-electron chi connectivity index (χ1n) is 9.45. The monoisotopic (exact) mass is 431 g/mol. The number of methoxy groups -OCH3 is 2. The molecule has 0 amide bonds. The van der Waals surface area contributed by atoms with Crippen LogP contribution in [0.4, 0.5) is 5.69 Å². The zero-order valence-corrected chi connectivity index (χ0v) is 18.2. The van der Waals surface area contributed by atoms with E-state index in [4.69, 9.17) is 37.8 Å². The maximum Gasteiger partial charge on any atom is 0.122 e. The van der Waals surface area contributed by atoms with Gasteiger partial charge in [-0.15, -0.1) is 0 Å². The fourth-order valence-electron chi connectivity index (χ4n) is 3.80. The molecule has 152 valence electrons. The summed E-state index contributed by atoms with van der Waals surface area (Å²) in [5.74, 6) is 1.60. The van der Waals surface area contributed by atoms with Crippen molar-refractivity contribution in [1.29, 1.82) is 0 Å². The molecule has 2 aromatic carbocycles. The molecular weight excluding hydrogens is 409 g/mol. The molecule has 0 saturated carbocycles. The Labute approximate surface area is 181 Å². The van der Waals surface area contributed by atoms with Crippen LogP contribution in [0.5, 0.6) is 11.5 Å². The highest BCUT2D eigenvalue weighted by atomic mass is 35.5. The van der Waals surface area contributed by atoms with Crippen molar-refractivity contribution in [2.75, 3.05) is 32.3 Å². The average molecular weight is 432 g/mol. The van der Waals surface area contributed by atoms with Crippen molar-refractivity contribution in [3.05, 3.63) is 63.3 Å². The lowest BCUT2D eigenvalue weighted by Gasteiger charge is -2.31. The number of nitrogens with zero attached hydrogens (tertiary/aromatic N) is 3. The van der Waals surface area contributed by atoms with Crippen molar-refractivity contribution >= 4 is 34.6 Å². The molecular formula is C22H23Cl2N3O2. The maximum atomic E-state index is 6.38. The molecule has 0 atom stereocenters. The van der Waals surface area contributed by atoms with Crippen LogP contribution >= 0.6 is 23.2 Å². The Bertz CT molecular complexity index is 981. The van der Waals surface area contributed by atoms with Gasteiger partial charge >= 0.3 is 0 Å². The fraction of sp³-hybridized carbons (Fsp3) is 0.318. The van der Waals surface area contributed by atoms with Gasteiger partial charge in [0.05, 0.1) is 37.2 Å². The Kier molecular flexibility index (Phi) is 5.61. The van der Waals surface area contributed by atoms with Crippen LogP contribution < -0.4 is 14.5 Å². The van der Waals surface area contributed by atoms with Crippen LogP contribution in [0.2, 0.25) is 10.0 Å². The number of hydrogen-bond acceptors (Lipinski definition) is 5. The highest BCUT2D eigenvalue weighted by Crippen LogP contribution is 2.35. The van der Waals surface area contributed by atoms with E-state index in [0.717, 1.165) is 48.0 Å². The van der Waals surface area contributed by atoms with E-state index in [2.05, 4.69) is 24.0 Å². The number of fused-ring (bicyclic) bond motifs is 1. The number of anilines is 1. The molecule has 0 fully saturated rings. The van der Waals surface area contributed by atoms with Gasteiger partial charge < -0.3 is 14.4 Å². The summed E-state index contributed by atoms with van der Waals surface area (Å²) in [6.45, 7) is 4.54. The molecule has 29 heavy (non-hydrogen) atoms. The first-order chi connectivity index (χ1) is 14.0. The summed E-state index contributed by atoms with van der Waals surface area (Å²) < 4.78 is 10.8. The molecule has 2 aliphatic heterocycles. The maximum absolute atomic E-state index is 6.38. The van der Waals surface area contributed by atoms with E-state index in [1.54, 1.807) is 20.3 Å². The Morgan fingerprint density at radius 2 is 1.76 bits per heavy atom. The minimum absolute atomic E-state index is 0.649. The van der Waals surface area contributed by atoms with Gasteiger partial charge in [-0.1, -0.05) is 23.2 Å². The second kappa shape index (κ2) is 8.17. The van der Waals surface area contributed by atoms with E-state index in [1.807, 2.05) is 23.2 Å². The number of allylic oxidation sites excluding steroid dienone is 1. The van der Waals surface area contributed by atoms with Crippen molar-refractivity contribution in [3.8, 4) is 11.5 Å². The second-order valence-electron chi connectivity index (χ2n) is 7.16. The van der Waals surface area contributed by atoms with Gasteiger partial charge in [-0.3, -0.25) is 5.01 Å². The normalized spacial score (nSPS) is 16.1. The molecule has 0 N–H and O–H groups in total. The first-order valence-corrected chi connectivity index (χ1v) is 10.2. The SMILES string of the molecule is COc1cc(CN2CCC3=NN(c4cc(Cl)ccc4Cl)CC3=C2C)cc(OC)c1. The minimum Gasteiger partial charge on any atom is -0.497 e. The number of benzene rings is 2. The predicted molar refractivity (Wildman–Crippen MR) is 119 cm³/mol. The van der Waals surface area contributed by atoms with Crippen LogP contribution in [0.1, 0.15) is 18.9 Å². The third-order valence-electron chi connectivity index (χ3n) is 5.40. The molecule has 4 rings (SSSR count). The lowest BCUT2D eigenvalue weighted by atomic mass is 10.0. The summed E-state index contributed by atoms with van der Waals surface area (Å²) in [4.78, 5) is 2.38. The Balaban J connectivity index is 1.58. The Morgan fingerprint density at radius 1 is 1.03 bits per heavy atom. The van der Waals surface area contributed by atoms with Crippen molar-refractivity contribution < 1.29 is 9.47 Å². The van der Waals surface area contributed by atoms with Gasteiger partial charge in [0.1, 0.15) is 11.5 Å². The molecule has 0 saturated heterocycles. The van der Waals surface area contributed by atoms with E-state index < -0.39 is 0 Å². The Hall–Kier alpha value is -2.37. The fourth-order valence-corrected chi connectivity index (χ4v) is 4.19. The summed E-state index contributed by atoms with van der Waals surface area (Å²) in [7, 11) is 3.34. The van der Waals surface area contributed by atoms with Gasteiger partial charge in [0, 0.05) is 41.9 Å². The van der Waals surface area contributed by atoms with Gasteiger partial charge in [-0.05, 0) is 42.8 Å². The molecule has 0 radical (unpaired) electrons. The van der Waals surface area contributed by atoms with E-state index in [-0.39, 0.29) is 0 Å². The molecule has 0 bridgehead atoms. The van der Waals surface area contributed by atoms with E-state index in [1.165, 1.54) is 11.3 Å². The lowest BCUT2D eigenvalue weighted by molar-refractivity contribution is 0.335. The zero-order chi connectivity index (χ0) is 20.5. The van der Waals surface area contributed by atoms with Gasteiger partial charge in [0.15, 0.2) is 0 Å². The molecule has 2 heterocycles. The molecule has 2 aliphatic rings. The van der Waals surface area contributed by atoms with Crippen molar-refractivity contribution in [1.82, 2.24) is 4.90 Å². The molecule has 0 spiro atoms. The molecule has 0 unspecified atom stereocenters. The predicted octanol–water partition coefficient (Wildman–Crippen LogP) is 5.37. The highest BCUT2D eigenvalue weighted by molar-refractivity contribution is 6.35. The van der Waals surface area contributed by atoms with Crippen LogP contribution in [-0.4, -0.2) is 37.9 Å².